The molecule has 29 heteroatoms. The summed E-state index contributed by atoms with van der Waals surface area (Å²) in [6, 6.07) is -7.69. The quantitative estimate of drug-likeness (QED) is 0.0307. The molecule has 0 aromatic rings. The highest BCUT2D eigenvalue weighted by Gasteiger charge is 2.47. The molecule has 0 aliphatic carbocycles. The molecule has 15 N–H and O–H groups in total. The second-order valence-corrected chi connectivity index (χ2v) is 16.9. The first-order valence-corrected chi connectivity index (χ1v) is 22.4. The topological polar surface area (TPSA) is 470 Å². The molecule has 0 saturated carbocycles. The van der Waals surface area contributed by atoms with Crippen molar-refractivity contribution in [3.05, 3.63) is 0 Å². The van der Waals surface area contributed by atoms with E-state index < -0.39 is 222 Å². The van der Waals surface area contributed by atoms with Gasteiger partial charge in [-0.1, -0.05) is 0 Å². The number of nitrogens with one attached hydrogen (secondary N) is 6. The van der Waals surface area contributed by atoms with E-state index in [2.05, 4.69) is 31.9 Å². The van der Waals surface area contributed by atoms with Crippen LogP contribution in [0.3, 0.4) is 0 Å². The van der Waals surface area contributed by atoms with E-state index in [1.54, 1.807) is 0 Å². The van der Waals surface area contributed by atoms with E-state index in [4.69, 9.17) is 14.2 Å². The average molecular weight is 1020 g/mol. The molecular formula is C42H66N6O23. The van der Waals surface area contributed by atoms with Crippen molar-refractivity contribution < 1.29 is 113 Å². The minimum Gasteiger partial charge on any atom is -0.394 e. The van der Waals surface area contributed by atoms with Crippen LogP contribution in [0.4, 0.5) is 0 Å². The molecule has 10 unspecified atom stereocenters. The number of hydrogen-bond acceptors (Lipinski definition) is 23. The summed E-state index contributed by atoms with van der Waals surface area (Å²) in [5.41, 5.74) is 0. The van der Waals surface area contributed by atoms with Crippen LogP contribution in [0.1, 0.15) is 72.1 Å². The Morgan fingerprint density at radius 2 is 0.944 bits per heavy atom. The second-order valence-electron chi connectivity index (χ2n) is 16.9. The predicted molar refractivity (Wildman–Crippen MR) is 233 cm³/mol. The van der Waals surface area contributed by atoms with Crippen molar-refractivity contribution in [3.63, 3.8) is 0 Å². The van der Waals surface area contributed by atoms with Gasteiger partial charge >= 0.3 is 0 Å². The van der Waals surface area contributed by atoms with Crippen LogP contribution in [-0.2, 0) is 67.0 Å². The Morgan fingerprint density at radius 1 is 0.507 bits per heavy atom. The third kappa shape index (κ3) is 20.0. The van der Waals surface area contributed by atoms with Gasteiger partial charge < -0.3 is 96.9 Å². The van der Waals surface area contributed by atoms with Crippen LogP contribution in [-0.4, -0.2) is 229 Å². The van der Waals surface area contributed by atoms with Gasteiger partial charge in [-0.3, -0.25) is 47.9 Å². The number of Topliss-reactive ketones (excluding diaryl/α,β-unsaturated/α-hetero) is 5. The number of aliphatic hydroxyl groups is 9. The Morgan fingerprint density at radius 3 is 1.39 bits per heavy atom. The third-order valence-electron chi connectivity index (χ3n) is 11.2. The van der Waals surface area contributed by atoms with Gasteiger partial charge in [0.2, 0.25) is 35.4 Å². The fraction of sp³-hybridized carbons (Fsp3) is 0.738. The van der Waals surface area contributed by atoms with E-state index >= 15 is 0 Å². The van der Waals surface area contributed by atoms with Crippen LogP contribution in [0.15, 0.2) is 0 Å². The molecule has 6 amide bonds. The molecule has 0 bridgehead atoms. The fourth-order valence-electron chi connectivity index (χ4n) is 7.26. The molecule has 0 aromatic carbocycles. The summed E-state index contributed by atoms with van der Waals surface area (Å²) in [6.45, 7) is -2.11. The molecule has 2 aliphatic rings. The van der Waals surface area contributed by atoms with E-state index in [0.29, 0.717) is 0 Å². The molecule has 2 heterocycles. The van der Waals surface area contributed by atoms with E-state index in [1.165, 1.54) is 6.92 Å². The zero-order chi connectivity index (χ0) is 53.7. The fourth-order valence-corrected chi connectivity index (χ4v) is 7.26. The number of carbonyl (C=O) groups is 11. The number of aliphatic hydroxyl groups excluding tert-OH is 9. The van der Waals surface area contributed by atoms with E-state index in [9.17, 15) is 98.7 Å². The van der Waals surface area contributed by atoms with Gasteiger partial charge in [0.05, 0.1) is 39.0 Å². The van der Waals surface area contributed by atoms with Crippen LogP contribution in [0, 0.1) is 5.92 Å². The molecule has 2 rings (SSSR count). The van der Waals surface area contributed by atoms with Gasteiger partial charge in [-0.05, 0) is 6.92 Å². The van der Waals surface area contributed by atoms with Crippen LogP contribution in [0.5, 0.6) is 0 Å². The number of carbonyl (C=O) groups excluding carboxylic acids is 11. The molecule has 71 heavy (non-hydrogen) atoms. The molecular weight excluding hydrogens is 956 g/mol. The number of rotatable bonds is 31. The minimum atomic E-state index is -1.80. The normalized spacial score (nSPS) is 25.7. The maximum absolute atomic E-state index is 13.8. The van der Waals surface area contributed by atoms with Gasteiger partial charge in [0, 0.05) is 65.2 Å². The average Bonchev–Trinajstić information content (AvgIpc) is 3.32. The number of hydrogen-bond donors (Lipinski definition) is 15. The summed E-state index contributed by atoms with van der Waals surface area (Å²) >= 11 is 0. The Kier molecular flexibility index (Phi) is 26.6. The van der Waals surface area contributed by atoms with Crippen LogP contribution in [0.2, 0.25) is 0 Å². The molecule has 29 nitrogen and oxygen atoms in total. The summed E-state index contributed by atoms with van der Waals surface area (Å²) in [7, 11) is 0. The first-order chi connectivity index (χ1) is 33.4. The van der Waals surface area contributed by atoms with Crippen LogP contribution in [0.25, 0.3) is 0 Å². The van der Waals surface area contributed by atoms with Gasteiger partial charge in [-0.25, -0.2) is 0 Å². The number of ketones is 5. The second kappa shape index (κ2) is 30.5. The van der Waals surface area contributed by atoms with Crippen LogP contribution < -0.4 is 31.9 Å². The molecule has 0 aromatic heterocycles. The first-order valence-electron chi connectivity index (χ1n) is 22.4. The Balaban J connectivity index is 2.19. The summed E-state index contributed by atoms with van der Waals surface area (Å²) in [4.78, 5) is 139. The largest absolute Gasteiger partial charge is 0.394 e. The van der Waals surface area contributed by atoms with Crippen molar-refractivity contribution in [2.24, 2.45) is 5.92 Å². The lowest BCUT2D eigenvalue weighted by atomic mass is 9.94. The molecule has 2 saturated heterocycles. The van der Waals surface area contributed by atoms with Gasteiger partial charge in [0.25, 0.3) is 0 Å². The monoisotopic (exact) mass is 1020 g/mol. The van der Waals surface area contributed by atoms with Crippen molar-refractivity contribution in [1.29, 1.82) is 0 Å². The van der Waals surface area contributed by atoms with Gasteiger partial charge in [-0.15, -0.1) is 0 Å². The van der Waals surface area contributed by atoms with Crippen molar-refractivity contribution in [2.45, 2.75) is 151 Å². The summed E-state index contributed by atoms with van der Waals surface area (Å²) in [6.07, 6.45) is -17.9. The van der Waals surface area contributed by atoms with Crippen molar-refractivity contribution in [2.75, 3.05) is 39.6 Å². The maximum atomic E-state index is 13.8. The standard InChI is InChI=1S/C42H66N6O23/c1-18(54)4-5-26(58)23(12-49)45-31(61)8-6-27(59)24(13-50)46-32(62)9-7-28(60)25(14-51)47-40(68)21(11-33(63)48-41-34(43-19(2)55)38(66)36(64)29(15-52)70-41)10-22(57)17-69-42-35(44-20(3)56)39(67)37(65)30(16-53)71-42/h21,23-25,29-30,34-39,41-42,49-53,64-67H,4-17H2,1-3H3,(H,43,55)(H,44,56)(H,45,61)(H,46,62)(H,47,68)(H,48,63)/t21-,23-,24-,25-,29?,30?,34?,35?,36?,37?,38?,39?,41?,42?/m0/s1. The predicted octanol–water partition coefficient (Wildman–Crippen LogP) is -8.96. The van der Waals surface area contributed by atoms with Gasteiger partial charge in [-0.2, -0.15) is 0 Å². The highest BCUT2D eigenvalue weighted by molar-refractivity contribution is 5.97. The molecule has 2 aliphatic heterocycles. The van der Waals surface area contributed by atoms with Crippen LogP contribution >= 0.6 is 0 Å². The summed E-state index contributed by atoms with van der Waals surface area (Å²) < 4.78 is 16.4. The minimum absolute atomic E-state index is 0.114. The molecule has 402 valence electrons. The Bertz CT molecular complexity index is 1890. The Hall–Kier alpha value is -5.31. The van der Waals surface area contributed by atoms with E-state index in [1.807, 2.05) is 0 Å². The summed E-state index contributed by atoms with van der Waals surface area (Å²) in [5.74, 6) is -11.0. The number of amides is 6. The number of ether oxygens (including phenoxy) is 3. The first kappa shape index (κ1) is 61.8. The molecule has 14 atom stereocenters. The Labute approximate surface area is 405 Å². The SMILES string of the molecule is CC(=O)CCC(=O)[C@H](CO)NC(=O)CCC(=O)[C@H](CO)NC(=O)CCC(=O)[C@H](CO)NC(=O)[C@@H](CC(=O)COC1OC(CO)C(O)C(O)C1NC(C)=O)CC(=O)NC1OC(CO)C(O)C(O)C1NC(C)=O. The zero-order valence-corrected chi connectivity index (χ0v) is 39.2. The molecule has 0 radical (unpaired) electrons. The van der Waals surface area contributed by atoms with E-state index in [0.717, 1.165) is 13.8 Å². The maximum Gasteiger partial charge on any atom is 0.224 e. The molecule has 2 fully saturated rings. The lowest BCUT2D eigenvalue weighted by molar-refractivity contribution is -0.268. The van der Waals surface area contributed by atoms with E-state index in [-0.39, 0.29) is 18.6 Å². The molecule has 0 spiro atoms. The van der Waals surface area contributed by atoms with Gasteiger partial charge in [0.1, 0.15) is 79.2 Å². The highest BCUT2D eigenvalue weighted by Crippen LogP contribution is 2.24. The zero-order valence-electron chi connectivity index (χ0n) is 39.2. The van der Waals surface area contributed by atoms with Gasteiger partial charge in [0.15, 0.2) is 35.7 Å². The van der Waals surface area contributed by atoms with Crippen molar-refractivity contribution >= 4 is 64.4 Å². The smallest absolute Gasteiger partial charge is 0.224 e. The lowest BCUT2D eigenvalue weighted by Gasteiger charge is -2.42. The van der Waals surface area contributed by atoms with Crippen molar-refractivity contribution in [1.82, 2.24) is 31.9 Å². The highest BCUT2D eigenvalue weighted by atomic mass is 16.7. The lowest BCUT2D eigenvalue weighted by Crippen LogP contribution is -2.68. The van der Waals surface area contributed by atoms with Crippen molar-refractivity contribution in [3.8, 4) is 0 Å². The summed E-state index contributed by atoms with van der Waals surface area (Å²) in [5, 5.41) is 104. The third-order valence-corrected chi connectivity index (χ3v) is 11.2.